The minimum absolute atomic E-state index is 0.150. The van der Waals surface area contributed by atoms with Gasteiger partial charge in [0.2, 0.25) is 5.91 Å². The molecule has 1 heterocycles. The lowest BCUT2D eigenvalue weighted by atomic mass is 9.98. The van der Waals surface area contributed by atoms with Crippen LogP contribution in [0.4, 0.5) is 0 Å². The topological polar surface area (TPSA) is 69.9 Å². The van der Waals surface area contributed by atoms with Crippen molar-refractivity contribution in [2.24, 2.45) is 0 Å². The van der Waals surface area contributed by atoms with Crippen LogP contribution in [0.25, 0.3) is 27.7 Å². The lowest BCUT2D eigenvalue weighted by Gasteiger charge is -2.12. The predicted molar refractivity (Wildman–Crippen MR) is 138 cm³/mol. The molecule has 0 unspecified atom stereocenters. The van der Waals surface area contributed by atoms with Crippen LogP contribution in [0, 0.1) is 0 Å². The standard InChI is InChI=1S/C29H29NO5/c1-19(14-29(31)30-13-12-20-8-6-5-7-9-20)22-16-24-25(18-35-28(24)17-27(22)34-4)23-15-21(32-2)10-11-26(23)33-3/h5-11,14-18H,12-13H2,1-4H3,(H,30,31)/b19-14+. The van der Waals surface area contributed by atoms with E-state index in [1.54, 1.807) is 33.7 Å². The van der Waals surface area contributed by atoms with Gasteiger partial charge in [-0.3, -0.25) is 4.79 Å². The minimum atomic E-state index is -0.150. The lowest BCUT2D eigenvalue weighted by Crippen LogP contribution is -2.23. The Labute approximate surface area is 205 Å². The van der Waals surface area contributed by atoms with E-state index in [0.717, 1.165) is 34.1 Å². The molecule has 0 saturated carbocycles. The molecule has 0 spiro atoms. The van der Waals surface area contributed by atoms with Gasteiger partial charge in [0, 0.05) is 40.8 Å². The van der Waals surface area contributed by atoms with Gasteiger partial charge in [0.15, 0.2) is 0 Å². The third-order valence-corrected chi connectivity index (χ3v) is 5.92. The second-order valence-electron chi connectivity index (χ2n) is 8.12. The summed E-state index contributed by atoms with van der Waals surface area (Å²) in [4.78, 5) is 12.6. The summed E-state index contributed by atoms with van der Waals surface area (Å²) in [7, 11) is 4.86. The SMILES string of the molecule is COc1ccc(OC)c(-c2coc3cc(OC)c(/C(C)=C/C(=O)NCCc4ccccc4)cc23)c1. The Hall–Kier alpha value is -4.19. The molecule has 4 aromatic rings. The molecule has 35 heavy (non-hydrogen) atoms. The second-order valence-corrected chi connectivity index (χ2v) is 8.12. The van der Waals surface area contributed by atoms with Crippen molar-refractivity contribution in [1.29, 1.82) is 0 Å². The van der Waals surface area contributed by atoms with E-state index in [2.05, 4.69) is 5.32 Å². The number of carbonyl (C=O) groups excluding carboxylic acids is 1. The van der Waals surface area contributed by atoms with Crippen LogP contribution in [0.5, 0.6) is 17.2 Å². The smallest absolute Gasteiger partial charge is 0.244 e. The van der Waals surface area contributed by atoms with E-state index in [0.29, 0.717) is 29.4 Å². The number of fused-ring (bicyclic) bond motifs is 1. The van der Waals surface area contributed by atoms with E-state index in [1.165, 1.54) is 5.56 Å². The minimum Gasteiger partial charge on any atom is -0.497 e. The number of rotatable bonds is 9. The summed E-state index contributed by atoms with van der Waals surface area (Å²) in [5.41, 5.74) is 5.15. The zero-order valence-corrected chi connectivity index (χ0v) is 20.4. The summed E-state index contributed by atoms with van der Waals surface area (Å²) in [6, 6.07) is 19.5. The Bertz CT molecular complexity index is 1350. The fourth-order valence-corrected chi connectivity index (χ4v) is 4.07. The van der Waals surface area contributed by atoms with Crippen LogP contribution in [0.2, 0.25) is 0 Å². The van der Waals surface area contributed by atoms with E-state index in [4.69, 9.17) is 18.6 Å². The molecule has 1 amide bonds. The molecule has 6 heteroatoms. The number of furan rings is 1. The highest BCUT2D eigenvalue weighted by molar-refractivity contribution is 6.01. The Morgan fingerprint density at radius 2 is 1.69 bits per heavy atom. The van der Waals surface area contributed by atoms with Gasteiger partial charge in [-0.15, -0.1) is 0 Å². The van der Waals surface area contributed by atoms with Crippen LogP contribution in [0.15, 0.2) is 77.4 Å². The molecule has 1 N–H and O–H groups in total. The fourth-order valence-electron chi connectivity index (χ4n) is 4.07. The van der Waals surface area contributed by atoms with E-state index in [-0.39, 0.29) is 5.91 Å². The van der Waals surface area contributed by atoms with Gasteiger partial charge >= 0.3 is 0 Å². The summed E-state index contributed by atoms with van der Waals surface area (Å²) in [5.74, 6) is 1.90. The number of hydrogen-bond acceptors (Lipinski definition) is 5. The predicted octanol–water partition coefficient (Wildman–Crippen LogP) is 5.89. The van der Waals surface area contributed by atoms with Gasteiger partial charge < -0.3 is 23.9 Å². The number of benzene rings is 3. The summed E-state index contributed by atoms with van der Waals surface area (Å²) >= 11 is 0. The number of nitrogens with one attached hydrogen (secondary N) is 1. The molecule has 0 atom stereocenters. The molecule has 180 valence electrons. The average Bonchev–Trinajstić information content (AvgIpc) is 3.30. The maximum atomic E-state index is 12.6. The molecule has 0 aliphatic heterocycles. The number of methoxy groups -OCH3 is 3. The van der Waals surface area contributed by atoms with Gasteiger partial charge in [0.25, 0.3) is 0 Å². The van der Waals surface area contributed by atoms with Crippen LogP contribution in [-0.2, 0) is 11.2 Å². The van der Waals surface area contributed by atoms with Gasteiger partial charge in [-0.25, -0.2) is 0 Å². The first-order valence-corrected chi connectivity index (χ1v) is 11.4. The molecule has 0 saturated heterocycles. The third-order valence-electron chi connectivity index (χ3n) is 5.92. The number of hydrogen-bond donors (Lipinski definition) is 1. The van der Waals surface area contributed by atoms with Gasteiger partial charge in [-0.2, -0.15) is 0 Å². The molecule has 0 radical (unpaired) electrons. The Balaban J connectivity index is 1.64. The van der Waals surface area contributed by atoms with E-state index in [1.807, 2.05) is 67.6 Å². The molecular formula is C29H29NO5. The molecular weight excluding hydrogens is 442 g/mol. The van der Waals surface area contributed by atoms with Crippen LogP contribution < -0.4 is 19.5 Å². The summed E-state index contributed by atoms with van der Waals surface area (Å²) in [5, 5.41) is 3.84. The molecule has 0 fully saturated rings. The highest BCUT2D eigenvalue weighted by atomic mass is 16.5. The van der Waals surface area contributed by atoms with Gasteiger partial charge in [0.1, 0.15) is 22.8 Å². The van der Waals surface area contributed by atoms with E-state index >= 15 is 0 Å². The van der Waals surface area contributed by atoms with Crippen molar-refractivity contribution in [2.75, 3.05) is 27.9 Å². The van der Waals surface area contributed by atoms with E-state index in [9.17, 15) is 4.79 Å². The van der Waals surface area contributed by atoms with Crippen LogP contribution in [-0.4, -0.2) is 33.8 Å². The number of carbonyl (C=O) groups is 1. The average molecular weight is 472 g/mol. The van der Waals surface area contributed by atoms with Gasteiger partial charge in [-0.1, -0.05) is 30.3 Å². The fraction of sp³-hybridized carbons (Fsp3) is 0.207. The molecule has 0 aliphatic carbocycles. The van der Waals surface area contributed by atoms with Crippen LogP contribution in [0.1, 0.15) is 18.1 Å². The number of amides is 1. The summed E-state index contributed by atoms with van der Waals surface area (Å²) in [6.45, 7) is 2.46. The Morgan fingerprint density at radius 1 is 0.914 bits per heavy atom. The molecule has 0 aliphatic rings. The van der Waals surface area contributed by atoms with Crippen molar-refractivity contribution < 1.29 is 23.4 Å². The monoisotopic (exact) mass is 471 g/mol. The normalized spacial score (nSPS) is 11.4. The van der Waals surface area contributed by atoms with Crippen LogP contribution >= 0.6 is 0 Å². The van der Waals surface area contributed by atoms with Crippen molar-refractivity contribution in [1.82, 2.24) is 5.32 Å². The van der Waals surface area contributed by atoms with Crippen molar-refractivity contribution in [2.45, 2.75) is 13.3 Å². The van der Waals surface area contributed by atoms with E-state index < -0.39 is 0 Å². The number of ether oxygens (including phenoxy) is 3. The van der Waals surface area contributed by atoms with Crippen molar-refractivity contribution in [3.05, 3.63) is 84.1 Å². The zero-order chi connectivity index (χ0) is 24.8. The number of allylic oxidation sites excluding steroid dienone is 1. The summed E-state index contributed by atoms with van der Waals surface area (Å²) < 4.78 is 22.5. The second kappa shape index (κ2) is 10.8. The third kappa shape index (κ3) is 5.32. The first-order chi connectivity index (χ1) is 17.0. The highest BCUT2D eigenvalue weighted by Gasteiger charge is 2.18. The van der Waals surface area contributed by atoms with Gasteiger partial charge in [-0.05, 0) is 48.7 Å². The largest absolute Gasteiger partial charge is 0.497 e. The van der Waals surface area contributed by atoms with Crippen LogP contribution in [0.3, 0.4) is 0 Å². The maximum Gasteiger partial charge on any atom is 0.244 e. The molecule has 6 nitrogen and oxygen atoms in total. The molecule has 1 aromatic heterocycles. The van der Waals surface area contributed by atoms with Crippen molar-refractivity contribution in [3.8, 4) is 28.4 Å². The molecule has 3 aromatic carbocycles. The van der Waals surface area contributed by atoms with Crippen molar-refractivity contribution >= 4 is 22.4 Å². The Kier molecular flexibility index (Phi) is 7.41. The molecule has 0 bridgehead atoms. The quantitative estimate of drug-likeness (QED) is 0.308. The Morgan fingerprint density at radius 3 is 2.40 bits per heavy atom. The first kappa shape index (κ1) is 24.0. The zero-order valence-electron chi connectivity index (χ0n) is 20.4. The van der Waals surface area contributed by atoms with Crippen molar-refractivity contribution in [3.63, 3.8) is 0 Å². The summed E-state index contributed by atoms with van der Waals surface area (Å²) in [6.07, 6.45) is 4.07. The lowest BCUT2D eigenvalue weighted by molar-refractivity contribution is -0.116. The van der Waals surface area contributed by atoms with Gasteiger partial charge in [0.05, 0.1) is 27.6 Å². The highest BCUT2D eigenvalue weighted by Crippen LogP contribution is 2.41. The first-order valence-electron chi connectivity index (χ1n) is 11.4. The molecule has 4 rings (SSSR count). The maximum absolute atomic E-state index is 12.6.